The van der Waals surface area contributed by atoms with E-state index >= 15 is 0 Å². The molecule has 116 valence electrons. The minimum absolute atomic E-state index is 0.0154. The molecule has 0 spiro atoms. The molecule has 4 heteroatoms. The third-order valence-electron chi connectivity index (χ3n) is 3.54. The molecule has 0 aliphatic rings. The summed E-state index contributed by atoms with van der Waals surface area (Å²) in [5.74, 6) is 0.0311. The number of hydrogen-bond acceptors (Lipinski definition) is 2. The van der Waals surface area contributed by atoms with Gasteiger partial charge in [0.2, 0.25) is 5.91 Å². The Morgan fingerprint density at radius 3 is 2.64 bits per heavy atom. The first kappa shape index (κ1) is 16.4. The minimum atomic E-state index is 0.0154. The van der Waals surface area contributed by atoms with E-state index in [0.29, 0.717) is 18.0 Å². The van der Waals surface area contributed by atoms with Crippen LogP contribution in [0.5, 0.6) is 0 Å². The fourth-order valence-corrected chi connectivity index (χ4v) is 2.41. The lowest BCUT2D eigenvalue weighted by molar-refractivity contribution is -0.121. The number of carbonyl (C=O) groups is 1. The van der Waals surface area contributed by atoms with Crippen LogP contribution >= 0.6 is 11.6 Å². The lowest BCUT2D eigenvalue weighted by Crippen LogP contribution is -2.28. The molecule has 0 saturated heterocycles. The monoisotopic (exact) mass is 316 g/mol. The van der Waals surface area contributed by atoms with Crippen molar-refractivity contribution in [2.75, 3.05) is 11.9 Å². The van der Waals surface area contributed by atoms with Crippen molar-refractivity contribution in [2.45, 2.75) is 26.3 Å². The summed E-state index contributed by atoms with van der Waals surface area (Å²) in [4.78, 5) is 12.0. The van der Waals surface area contributed by atoms with Crippen LogP contribution in [0.2, 0.25) is 5.02 Å². The van der Waals surface area contributed by atoms with Crippen LogP contribution in [0.4, 0.5) is 5.69 Å². The van der Waals surface area contributed by atoms with E-state index in [-0.39, 0.29) is 11.9 Å². The molecule has 2 rings (SSSR count). The van der Waals surface area contributed by atoms with Gasteiger partial charge in [0.15, 0.2) is 0 Å². The first-order valence-corrected chi connectivity index (χ1v) is 7.78. The number of nitrogens with one attached hydrogen (secondary N) is 2. The number of carbonyl (C=O) groups excluding carboxylic acids is 1. The van der Waals surface area contributed by atoms with Gasteiger partial charge in [-0.15, -0.1) is 0 Å². The first-order valence-electron chi connectivity index (χ1n) is 7.40. The Bertz CT molecular complexity index is 628. The average Bonchev–Trinajstić information content (AvgIpc) is 2.51. The predicted molar refractivity (Wildman–Crippen MR) is 92.3 cm³/mol. The van der Waals surface area contributed by atoms with E-state index in [4.69, 9.17) is 11.6 Å². The number of amides is 1. The van der Waals surface area contributed by atoms with Crippen LogP contribution in [0.1, 0.15) is 30.5 Å². The molecule has 1 unspecified atom stereocenters. The number of anilines is 1. The van der Waals surface area contributed by atoms with Crippen molar-refractivity contribution in [1.82, 2.24) is 5.32 Å². The molecule has 0 heterocycles. The SMILES string of the molecule is Cc1ccc(Cl)cc1NCCC(=O)NC(C)c1ccccc1. The van der Waals surface area contributed by atoms with Crippen molar-refractivity contribution in [2.24, 2.45) is 0 Å². The maximum atomic E-state index is 12.0. The molecule has 0 aromatic heterocycles. The lowest BCUT2D eigenvalue weighted by Gasteiger charge is -2.15. The summed E-state index contributed by atoms with van der Waals surface area (Å²) in [5, 5.41) is 6.95. The van der Waals surface area contributed by atoms with Gasteiger partial charge in [0, 0.05) is 23.7 Å². The van der Waals surface area contributed by atoms with Gasteiger partial charge in [-0.3, -0.25) is 4.79 Å². The second kappa shape index (κ2) is 7.85. The van der Waals surface area contributed by atoms with Gasteiger partial charge in [0.1, 0.15) is 0 Å². The standard InChI is InChI=1S/C18H21ClN2O/c1-13-8-9-16(19)12-17(13)20-11-10-18(22)21-14(2)15-6-4-3-5-7-15/h3-9,12,14,20H,10-11H2,1-2H3,(H,21,22). The van der Waals surface area contributed by atoms with Crippen molar-refractivity contribution in [1.29, 1.82) is 0 Å². The number of hydrogen-bond donors (Lipinski definition) is 2. The van der Waals surface area contributed by atoms with Crippen molar-refractivity contribution in [3.63, 3.8) is 0 Å². The summed E-state index contributed by atoms with van der Waals surface area (Å²) < 4.78 is 0. The van der Waals surface area contributed by atoms with Gasteiger partial charge in [-0.2, -0.15) is 0 Å². The number of halogens is 1. The Morgan fingerprint density at radius 1 is 1.18 bits per heavy atom. The van der Waals surface area contributed by atoms with Gasteiger partial charge in [0.25, 0.3) is 0 Å². The van der Waals surface area contributed by atoms with E-state index in [0.717, 1.165) is 16.8 Å². The van der Waals surface area contributed by atoms with Gasteiger partial charge in [0.05, 0.1) is 6.04 Å². The quantitative estimate of drug-likeness (QED) is 0.833. The maximum Gasteiger partial charge on any atom is 0.222 e. The fourth-order valence-electron chi connectivity index (χ4n) is 2.23. The molecule has 0 aliphatic heterocycles. The summed E-state index contributed by atoms with van der Waals surface area (Å²) >= 11 is 5.98. The molecule has 1 atom stereocenters. The lowest BCUT2D eigenvalue weighted by atomic mass is 10.1. The van der Waals surface area contributed by atoms with E-state index in [2.05, 4.69) is 10.6 Å². The molecule has 2 aromatic carbocycles. The van der Waals surface area contributed by atoms with Crippen LogP contribution in [-0.2, 0) is 4.79 Å². The highest BCUT2D eigenvalue weighted by Crippen LogP contribution is 2.20. The van der Waals surface area contributed by atoms with E-state index in [1.165, 1.54) is 0 Å². The molecule has 0 fully saturated rings. The molecule has 1 amide bonds. The molecular weight excluding hydrogens is 296 g/mol. The second-order valence-electron chi connectivity index (χ2n) is 5.34. The molecular formula is C18H21ClN2O. The molecule has 3 nitrogen and oxygen atoms in total. The highest BCUT2D eigenvalue weighted by molar-refractivity contribution is 6.30. The van der Waals surface area contributed by atoms with Gasteiger partial charge in [-0.1, -0.05) is 48.0 Å². The van der Waals surface area contributed by atoms with Crippen LogP contribution in [-0.4, -0.2) is 12.5 Å². The average molecular weight is 317 g/mol. The topological polar surface area (TPSA) is 41.1 Å². The van der Waals surface area contributed by atoms with Crippen molar-refractivity contribution >= 4 is 23.2 Å². The van der Waals surface area contributed by atoms with Gasteiger partial charge in [-0.05, 0) is 37.1 Å². The fraction of sp³-hybridized carbons (Fsp3) is 0.278. The zero-order valence-corrected chi connectivity index (χ0v) is 13.7. The number of benzene rings is 2. The summed E-state index contributed by atoms with van der Waals surface area (Å²) in [6.07, 6.45) is 0.420. The van der Waals surface area contributed by atoms with E-state index < -0.39 is 0 Å². The summed E-state index contributed by atoms with van der Waals surface area (Å²) in [6.45, 7) is 4.58. The molecule has 0 aliphatic carbocycles. The number of aryl methyl sites for hydroxylation is 1. The third-order valence-corrected chi connectivity index (χ3v) is 3.78. The van der Waals surface area contributed by atoms with Gasteiger partial charge in [-0.25, -0.2) is 0 Å². The Labute approximate surface area is 136 Å². The molecule has 2 N–H and O–H groups in total. The Morgan fingerprint density at radius 2 is 1.91 bits per heavy atom. The normalized spacial score (nSPS) is 11.8. The third kappa shape index (κ3) is 4.78. The largest absolute Gasteiger partial charge is 0.384 e. The summed E-state index contributed by atoms with van der Waals surface area (Å²) in [7, 11) is 0. The second-order valence-corrected chi connectivity index (χ2v) is 5.77. The van der Waals surface area contributed by atoms with E-state index in [1.54, 1.807) is 0 Å². The van der Waals surface area contributed by atoms with Gasteiger partial charge < -0.3 is 10.6 Å². The van der Waals surface area contributed by atoms with Crippen LogP contribution in [0.15, 0.2) is 48.5 Å². The van der Waals surface area contributed by atoms with Crippen LogP contribution in [0.25, 0.3) is 0 Å². The molecule has 2 aromatic rings. The predicted octanol–water partition coefficient (Wildman–Crippen LogP) is 4.33. The van der Waals surface area contributed by atoms with Gasteiger partial charge >= 0.3 is 0 Å². The van der Waals surface area contributed by atoms with Crippen molar-refractivity contribution < 1.29 is 4.79 Å². The Kier molecular flexibility index (Phi) is 5.84. The van der Waals surface area contributed by atoms with Crippen LogP contribution in [0, 0.1) is 6.92 Å². The highest BCUT2D eigenvalue weighted by Gasteiger charge is 2.09. The molecule has 22 heavy (non-hydrogen) atoms. The van der Waals surface area contributed by atoms with Crippen LogP contribution < -0.4 is 10.6 Å². The minimum Gasteiger partial charge on any atom is -0.384 e. The smallest absolute Gasteiger partial charge is 0.222 e. The van der Waals surface area contributed by atoms with E-state index in [9.17, 15) is 4.79 Å². The zero-order valence-electron chi connectivity index (χ0n) is 12.9. The number of rotatable bonds is 6. The van der Waals surface area contributed by atoms with Crippen molar-refractivity contribution in [3.8, 4) is 0 Å². The van der Waals surface area contributed by atoms with E-state index in [1.807, 2.05) is 62.4 Å². The van der Waals surface area contributed by atoms with Crippen LogP contribution in [0.3, 0.4) is 0 Å². The Balaban J connectivity index is 1.79. The maximum absolute atomic E-state index is 12.0. The van der Waals surface area contributed by atoms with Crippen molar-refractivity contribution in [3.05, 3.63) is 64.7 Å². The highest BCUT2D eigenvalue weighted by atomic mass is 35.5. The molecule has 0 bridgehead atoms. The zero-order chi connectivity index (χ0) is 15.9. The molecule has 0 radical (unpaired) electrons. The summed E-state index contributed by atoms with van der Waals surface area (Å²) in [5.41, 5.74) is 3.19. The Hall–Kier alpha value is -2.00. The summed E-state index contributed by atoms with van der Waals surface area (Å²) in [6, 6.07) is 15.6. The molecule has 0 saturated carbocycles. The first-order chi connectivity index (χ1) is 10.6.